The number of rotatable bonds is 7. The Hall–Kier alpha value is -1.75. The summed E-state index contributed by atoms with van der Waals surface area (Å²) in [5, 5.41) is 3.58. The molecule has 1 N–H and O–H groups in total. The van der Waals surface area contributed by atoms with Crippen LogP contribution in [0.25, 0.3) is 0 Å². The maximum atomic E-state index is 4.55. The highest BCUT2D eigenvalue weighted by molar-refractivity contribution is 5.80. The Morgan fingerprint density at radius 2 is 1.76 bits per heavy atom. The molecule has 1 aromatic carbocycles. The van der Waals surface area contributed by atoms with Gasteiger partial charge in [-0.1, -0.05) is 32.9 Å². The smallest absolute Gasteiger partial charge is 0.193 e. The van der Waals surface area contributed by atoms with E-state index in [1.54, 1.807) is 0 Å². The molecule has 2 aliphatic rings. The summed E-state index contributed by atoms with van der Waals surface area (Å²) in [5.74, 6) is 2.67. The number of hydrogen-bond donors (Lipinski definition) is 1. The molecule has 162 valence electrons. The van der Waals surface area contributed by atoms with Crippen molar-refractivity contribution in [3.63, 3.8) is 0 Å². The van der Waals surface area contributed by atoms with Gasteiger partial charge in [-0.05, 0) is 61.9 Å². The van der Waals surface area contributed by atoms with Gasteiger partial charge in [0.2, 0.25) is 0 Å². The molecule has 5 nitrogen and oxygen atoms in total. The van der Waals surface area contributed by atoms with Crippen LogP contribution in [0.3, 0.4) is 0 Å². The fourth-order valence-corrected chi connectivity index (χ4v) is 4.63. The van der Waals surface area contributed by atoms with Crippen LogP contribution in [0.5, 0.6) is 0 Å². The molecule has 0 saturated carbocycles. The van der Waals surface area contributed by atoms with Crippen molar-refractivity contribution in [3.8, 4) is 0 Å². The number of nitrogens with zero attached hydrogens (tertiary/aromatic N) is 4. The molecular weight excluding hydrogens is 358 g/mol. The molecule has 0 bridgehead atoms. The third kappa shape index (κ3) is 6.11. The summed E-state index contributed by atoms with van der Waals surface area (Å²) in [4.78, 5) is 12.0. The summed E-state index contributed by atoms with van der Waals surface area (Å²) in [6.45, 7) is 15.8. The van der Waals surface area contributed by atoms with Gasteiger partial charge in [-0.2, -0.15) is 0 Å². The lowest BCUT2D eigenvalue weighted by Gasteiger charge is -2.32. The molecule has 2 fully saturated rings. The maximum Gasteiger partial charge on any atom is 0.193 e. The van der Waals surface area contributed by atoms with Gasteiger partial charge in [0.05, 0.1) is 0 Å². The largest absolute Gasteiger partial charge is 0.372 e. The summed E-state index contributed by atoms with van der Waals surface area (Å²) in [5.41, 5.74) is 2.68. The van der Waals surface area contributed by atoms with E-state index in [4.69, 9.17) is 0 Å². The van der Waals surface area contributed by atoms with E-state index in [0.29, 0.717) is 0 Å². The number of piperidine rings is 1. The standard InChI is InChI=1S/C24H41N5/c1-5-27(6-2)18-22-13-16-29(19-22)24(25-4)26-17-21-7-9-23(10-8-21)28-14-11-20(3)12-15-28/h7-10,20,22H,5-6,11-19H2,1-4H3,(H,25,26). The lowest BCUT2D eigenvalue weighted by Crippen LogP contribution is -2.40. The van der Waals surface area contributed by atoms with Crippen LogP contribution in [0.4, 0.5) is 5.69 Å². The van der Waals surface area contributed by atoms with E-state index in [2.05, 4.69) is 70.0 Å². The van der Waals surface area contributed by atoms with Crippen molar-refractivity contribution in [3.05, 3.63) is 29.8 Å². The van der Waals surface area contributed by atoms with Crippen molar-refractivity contribution in [2.45, 2.75) is 46.6 Å². The summed E-state index contributed by atoms with van der Waals surface area (Å²) in [7, 11) is 1.90. The summed E-state index contributed by atoms with van der Waals surface area (Å²) < 4.78 is 0. The zero-order valence-electron chi connectivity index (χ0n) is 19.0. The zero-order valence-corrected chi connectivity index (χ0v) is 19.0. The van der Waals surface area contributed by atoms with Crippen LogP contribution in [0, 0.1) is 11.8 Å². The molecule has 5 heteroatoms. The number of anilines is 1. The fraction of sp³-hybridized carbons (Fsp3) is 0.708. The van der Waals surface area contributed by atoms with Crippen LogP contribution < -0.4 is 10.2 Å². The number of benzene rings is 1. The van der Waals surface area contributed by atoms with Gasteiger partial charge in [0.15, 0.2) is 5.96 Å². The molecule has 0 aromatic heterocycles. The molecule has 2 saturated heterocycles. The van der Waals surface area contributed by atoms with Gasteiger partial charge in [0, 0.05) is 52.0 Å². The van der Waals surface area contributed by atoms with Crippen LogP contribution in [0.1, 0.15) is 45.6 Å². The second-order valence-electron chi connectivity index (χ2n) is 8.82. The van der Waals surface area contributed by atoms with Gasteiger partial charge in [-0.25, -0.2) is 0 Å². The van der Waals surface area contributed by atoms with Crippen molar-refractivity contribution in [1.82, 2.24) is 15.1 Å². The van der Waals surface area contributed by atoms with E-state index >= 15 is 0 Å². The van der Waals surface area contributed by atoms with Gasteiger partial charge in [-0.15, -0.1) is 0 Å². The quantitative estimate of drug-likeness (QED) is 0.560. The first-order valence-corrected chi connectivity index (χ1v) is 11.6. The normalized spacial score (nSPS) is 21.3. The third-order valence-corrected chi connectivity index (χ3v) is 6.74. The van der Waals surface area contributed by atoms with Crippen LogP contribution in [-0.4, -0.2) is 68.6 Å². The average Bonchev–Trinajstić information content (AvgIpc) is 3.22. The predicted octanol–water partition coefficient (Wildman–Crippen LogP) is 3.66. The Morgan fingerprint density at radius 3 is 2.38 bits per heavy atom. The minimum absolute atomic E-state index is 0.750. The van der Waals surface area contributed by atoms with E-state index in [1.165, 1.54) is 50.1 Å². The van der Waals surface area contributed by atoms with Crippen molar-refractivity contribution in [2.75, 3.05) is 57.8 Å². The van der Waals surface area contributed by atoms with Crippen molar-refractivity contribution in [1.29, 1.82) is 0 Å². The van der Waals surface area contributed by atoms with E-state index in [0.717, 1.165) is 50.5 Å². The van der Waals surface area contributed by atoms with Gasteiger partial charge >= 0.3 is 0 Å². The third-order valence-electron chi connectivity index (χ3n) is 6.74. The van der Waals surface area contributed by atoms with Gasteiger partial charge < -0.3 is 20.0 Å². The number of nitrogens with one attached hydrogen (secondary N) is 1. The van der Waals surface area contributed by atoms with Gasteiger partial charge in [0.25, 0.3) is 0 Å². The monoisotopic (exact) mass is 399 g/mol. The number of guanidine groups is 1. The second kappa shape index (κ2) is 10.9. The zero-order chi connectivity index (χ0) is 20.6. The molecule has 1 aromatic rings. The number of likely N-dealkylation sites (tertiary alicyclic amines) is 1. The second-order valence-corrected chi connectivity index (χ2v) is 8.82. The molecule has 3 rings (SSSR count). The highest BCUT2D eigenvalue weighted by Gasteiger charge is 2.25. The van der Waals surface area contributed by atoms with Gasteiger partial charge in [0.1, 0.15) is 0 Å². The van der Waals surface area contributed by atoms with Crippen molar-refractivity contribution < 1.29 is 0 Å². The molecule has 29 heavy (non-hydrogen) atoms. The van der Waals surface area contributed by atoms with Crippen LogP contribution >= 0.6 is 0 Å². The molecule has 2 heterocycles. The minimum atomic E-state index is 0.750. The minimum Gasteiger partial charge on any atom is -0.372 e. The van der Waals surface area contributed by atoms with E-state index < -0.39 is 0 Å². The Bertz CT molecular complexity index is 629. The number of hydrogen-bond acceptors (Lipinski definition) is 3. The molecule has 1 unspecified atom stereocenters. The molecule has 0 radical (unpaired) electrons. The Balaban J connectivity index is 1.47. The van der Waals surface area contributed by atoms with Crippen LogP contribution in [-0.2, 0) is 6.54 Å². The first-order valence-electron chi connectivity index (χ1n) is 11.6. The average molecular weight is 400 g/mol. The highest BCUT2D eigenvalue weighted by Crippen LogP contribution is 2.23. The maximum absolute atomic E-state index is 4.55. The summed E-state index contributed by atoms with van der Waals surface area (Å²) in [6.07, 6.45) is 3.88. The SMILES string of the molecule is CCN(CC)CC1CCN(C(=NC)NCc2ccc(N3CCC(C)CC3)cc2)C1. The first kappa shape index (κ1) is 21.9. The van der Waals surface area contributed by atoms with Crippen LogP contribution in [0.15, 0.2) is 29.3 Å². The first-order chi connectivity index (χ1) is 14.1. The summed E-state index contributed by atoms with van der Waals surface area (Å²) in [6, 6.07) is 9.10. The Labute approximate surface area is 178 Å². The lowest BCUT2D eigenvalue weighted by atomic mass is 9.99. The predicted molar refractivity (Wildman–Crippen MR) is 125 cm³/mol. The Kier molecular flexibility index (Phi) is 8.22. The molecule has 0 spiro atoms. The van der Waals surface area contributed by atoms with E-state index in [-0.39, 0.29) is 0 Å². The molecule has 1 atom stereocenters. The Morgan fingerprint density at radius 1 is 1.07 bits per heavy atom. The topological polar surface area (TPSA) is 34.1 Å². The molecule has 0 aliphatic carbocycles. The van der Waals surface area contributed by atoms with Crippen molar-refractivity contribution in [2.24, 2.45) is 16.8 Å². The van der Waals surface area contributed by atoms with E-state index in [9.17, 15) is 0 Å². The lowest BCUT2D eigenvalue weighted by molar-refractivity contribution is 0.255. The fourth-order valence-electron chi connectivity index (χ4n) is 4.63. The van der Waals surface area contributed by atoms with Crippen LogP contribution in [0.2, 0.25) is 0 Å². The molecular formula is C24H41N5. The highest BCUT2D eigenvalue weighted by atomic mass is 15.3. The molecule has 2 aliphatic heterocycles. The number of aliphatic imine (C=N–C) groups is 1. The van der Waals surface area contributed by atoms with E-state index in [1.807, 2.05) is 7.05 Å². The summed E-state index contributed by atoms with van der Waals surface area (Å²) >= 11 is 0. The van der Waals surface area contributed by atoms with Gasteiger partial charge in [-0.3, -0.25) is 4.99 Å². The van der Waals surface area contributed by atoms with Crippen molar-refractivity contribution >= 4 is 11.6 Å². The molecule has 0 amide bonds.